The maximum Gasteiger partial charge on any atom is 0.243 e. The summed E-state index contributed by atoms with van der Waals surface area (Å²) in [5.41, 5.74) is 0. The van der Waals surface area contributed by atoms with Gasteiger partial charge in [-0.2, -0.15) is 4.98 Å². The van der Waals surface area contributed by atoms with E-state index in [2.05, 4.69) is 15.5 Å². The fourth-order valence-corrected chi connectivity index (χ4v) is 3.39. The topological polar surface area (TPSA) is 60.2 Å². The summed E-state index contributed by atoms with van der Waals surface area (Å²) in [4.78, 5) is 4.49. The summed E-state index contributed by atoms with van der Waals surface area (Å²) in [6.07, 6.45) is 8.56. The highest BCUT2D eigenvalue weighted by molar-refractivity contribution is 4.99. The number of nitrogens with one attached hydrogen (secondary N) is 1. The lowest BCUT2D eigenvalue weighted by Crippen LogP contribution is -2.44. The van der Waals surface area contributed by atoms with Gasteiger partial charge in [-0.05, 0) is 31.6 Å². The number of nitrogens with zero attached hydrogens (tertiary/aromatic N) is 2. The number of fused-ring (bicyclic) bond motifs is 1. The first-order valence-electron chi connectivity index (χ1n) is 7.44. The van der Waals surface area contributed by atoms with E-state index >= 15 is 0 Å². The summed E-state index contributed by atoms with van der Waals surface area (Å²) in [5, 5.41) is 7.74. The van der Waals surface area contributed by atoms with Crippen LogP contribution in [0.3, 0.4) is 0 Å². The molecule has 1 saturated carbocycles. The number of piperidine rings is 1. The lowest BCUT2D eigenvalue weighted by Gasteiger charge is -2.39. The molecule has 0 radical (unpaired) electrons. The molecule has 1 N–H and O–H groups in total. The van der Waals surface area contributed by atoms with Gasteiger partial charge in [-0.1, -0.05) is 18.0 Å². The predicted molar refractivity (Wildman–Crippen MR) is 70.7 cm³/mol. The second-order valence-corrected chi connectivity index (χ2v) is 5.74. The fraction of sp³-hybridized carbons (Fsp3) is 0.857. The van der Waals surface area contributed by atoms with Gasteiger partial charge in [-0.3, -0.25) is 0 Å². The Morgan fingerprint density at radius 2 is 2.16 bits per heavy atom. The van der Waals surface area contributed by atoms with Crippen molar-refractivity contribution in [3.05, 3.63) is 11.7 Å². The van der Waals surface area contributed by atoms with E-state index < -0.39 is 0 Å². The standard InChI is InChI=1S/C14H23N3O2/c1-18-9-8-13-16-14(19-17-13)12-7-6-10-4-2-3-5-11(10)15-12/h10-12,15H,2-9H2,1H3. The van der Waals surface area contributed by atoms with Crippen LogP contribution in [0.4, 0.5) is 0 Å². The van der Waals surface area contributed by atoms with E-state index in [9.17, 15) is 0 Å². The van der Waals surface area contributed by atoms with Gasteiger partial charge in [0, 0.05) is 19.6 Å². The molecule has 2 heterocycles. The van der Waals surface area contributed by atoms with Crippen LogP contribution in [0.25, 0.3) is 0 Å². The monoisotopic (exact) mass is 265 g/mol. The van der Waals surface area contributed by atoms with Crippen LogP contribution in [0.1, 0.15) is 56.3 Å². The Kier molecular flexibility index (Phi) is 4.13. The third-order valence-corrected chi connectivity index (χ3v) is 4.46. The molecule has 0 spiro atoms. The highest BCUT2D eigenvalue weighted by atomic mass is 16.5. The van der Waals surface area contributed by atoms with Crippen LogP contribution >= 0.6 is 0 Å². The van der Waals surface area contributed by atoms with E-state index in [4.69, 9.17) is 9.26 Å². The zero-order valence-corrected chi connectivity index (χ0v) is 11.6. The Morgan fingerprint density at radius 1 is 1.26 bits per heavy atom. The van der Waals surface area contributed by atoms with E-state index in [1.165, 1.54) is 32.1 Å². The van der Waals surface area contributed by atoms with E-state index in [0.717, 1.165) is 30.5 Å². The maximum atomic E-state index is 5.40. The van der Waals surface area contributed by atoms with Gasteiger partial charge >= 0.3 is 0 Å². The molecule has 3 atom stereocenters. The first-order valence-corrected chi connectivity index (χ1v) is 7.44. The number of hydrogen-bond acceptors (Lipinski definition) is 5. The summed E-state index contributed by atoms with van der Waals surface area (Å²) >= 11 is 0. The van der Waals surface area contributed by atoms with E-state index in [-0.39, 0.29) is 6.04 Å². The molecule has 1 aliphatic heterocycles. The van der Waals surface area contributed by atoms with Crippen LogP contribution in [0.2, 0.25) is 0 Å². The zero-order chi connectivity index (χ0) is 13.1. The molecule has 0 amide bonds. The van der Waals surface area contributed by atoms with Crippen LogP contribution in [-0.4, -0.2) is 29.9 Å². The molecule has 1 saturated heterocycles. The molecule has 1 aromatic heterocycles. The van der Waals surface area contributed by atoms with Crippen molar-refractivity contribution in [2.75, 3.05) is 13.7 Å². The van der Waals surface area contributed by atoms with Crippen molar-refractivity contribution in [1.29, 1.82) is 0 Å². The van der Waals surface area contributed by atoms with Crippen molar-refractivity contribution in [3.8, 4) is 0 Å². The van der Waals surface area contributed by atoms with Gasteiger partial charge in [-0.15, -0.1) is 0 Å². The van der Waals surface area contributed by atoms with E-state index in [0.29, 0.717) is 12.6 Å². The molecular weight excluding hydrogens is 242 g/mol. The molecule has 0 aromatic carbocycles. The van der Waals surface area contributed by atoms with Crippen molar-refractivity contribution in [3.63, 3.8) is 0 Å². The highest BCUT2D eigenvalue weighted by Crippen LogP contribution is 2.36. The average Bonchev–Trinajstić information content (AvgIpc) is 2.93. The fourth-order valence-electron chi connectivity index (χ4n) is 3.39. The van der Waals surface area contributed by atoms with Crippen molar-refractivity contribution in [2.45, 2.75) is 57.0 Å². The first kappa shape index (κ1) is 13.1. The number of methoxy groups -OCH3 is 1. The van der Waals surface area contributed by atoms with Gasteiger partial charge in [0.25, 0.3) is 0 Å². The molecule has 3 unspecified atom stereocenters. The van der Waals surface area contributed by atoms with Crippen molar-refractivity contribution in [2.24, 2.45) is 5.92 Å². The molecule has 5 nitrogen and oxygen atoms in total. The Morgan fingerprint density at radius 3 is 3.05 bits per heavy atom. The molecule has 0 bridgehead atoms. The minimum absolute atomic E-state index is 0.253. The van der Waals surface area contributed by atoms with Gasteiger partial charge in [-0.25, -0.2) is 0 Å². The Balaban J connectivity index is 1.61. The number of ether oxygens (including phenoxy) is 1. The minimum Gasteiger partial charge on any atom is -0.384 e. The molecule has 1 aliphatic carbocycles. The molecular formula is C14H23N3O2. The van der Waals surface area contributed by atoms with Gasteiger partial charge in [0.05, 0.1) is 12.6 Å². The van der Waals surface area contributed by atoms with Crippen molar-refractivity contribution < 1.29 is 9.26 Å². The summed E-state index contributed by atoms with van der Waals surface area (Å²) < 4.78 is 10.4. The van der Waals surface area contributed by atoms with Crippen molar-refractivity contribution in [1.82, 2.24) is 15.5 Å². The van der Waals surface area contributed by atoms with Gasteiger partial charge in [0.15, 0.2) is 5.82 Å². The van der Waals surface area contributed by atoms with Crippen LogP contribution in [0.15, 0.2) is 4.52 Å². The highest BCUT2D eigenvalue weighted by Gasteiger charge is 2.34. The van der Waals surface area contributed by atoms with Gasteiger partial charge < -0.3 is 14.6 Å². The largest absolute Gasteiger partial charge is 0.384 e. The van der Waals surface area contributed by atoms with E-state index in [1.807, 2.05) is 0 Å². The lowest BCUT2D eigenvalue weighted by atomic mass is 9.78. The second-order valence-electron chi connectivity index (χ2n) is 5.74. The molecule has 3 rings (SSSR count). The maximum absolute atomic E-state index is 5.40. The number of rotatable bonds is 4. The molecule has 5 heteroatoms. The first-order chi connectivity index (χ1) is 9.36. The third kappa shape index (κ3) is 2.98. The molecule has 19 heavy (non-hydrogen) atoms. The summed E-state index contributed by atoms with van der Waals surface area (Å²) in [5.74, 6) is 2.38. The SMILES string of the molecule is COCCc1noc(C2CCC3CCCCC3N2)n1. The predicted octanol–water partition coefficient (Wildman–Crippen LogP) is 2.24. The number of hydrogen-bond donors (Lipinski definition) is 1. The smallest absolute Gasteiger partial charge is 0.243 e. The summed E-state index contributed by atoms with van der Waals surface area (Å²) in [6.45, 7) is 0.641. The summed E-state index contributed by atoms with van der Waals surface area (Å²) in [6, 6.07) is 0.907. The van der Waals surface area contributed by atoms with Crippen LogP contribution < -0.4 is 5.32 Å². The summed E-state index contributed by atoms with van der Waals surface area (Å²) in [7, 11) is 1.69. The molecule has 2 aliphatic rings. The van der Waals surface area contributed by atoms with E-state index in [1.54, 1.807) is 7.11 Å². The van der Waals surface area contributed by atoms with Crippen molar-refractivity contribution >= 4 is 0 Å². The minimum atomic E-state index is 0.253. The average molecular weight is 265 g/mol. The Hall–Kier alpha value is -0.940. The molecule has 106 valence electrons. The van der Waals surface area contributed by atoms with Crippen LogP contribution in [0, 0.1) is 5.92 Å². The normalized spacial score (nSPS) is 31.1. The quantitative estimate of drug-likeness (QED) is 0.904. The Labute approximate surface area is 114 Å². The van der Waals surface area contributed by atoms with Crippen LogP contribution in [-0.2, 0) is 11.2 Å². The second kappa shape index (κ2) is 6.01. The van der Waals surface area contributed by atoms with Gasteiger partial charge in [0.2, 0.25) is 5.89 Å². The number of aromatic nitrogens is 2. The van der Waals surface area contributed by atoms with Gasteiger partial charge in [0.1, 0.15) is 0 Å². The molecule has 1 aromatic rings. The molecule has 2 fully saturated rings. The zero-order valence-electron chi connectivity index (χ0n) is 11.6. The Bertz CT molecular complexity index is 407. The van der Waals surface area contributed by atoms with Crippen LogP contribution in [0.5, 0.6) is 0 Å². The third-order valence-electron chi connectivity index (χ3n) is 4.46. The lowest BCUT2D eigenvalue weighted by molar-refractivity contribution is 0.158.